The summed E-state index contributed by atoms with van der Waals surface area (Å²) in [5, 5.41) is 4.60. The molecule has 7 nitrogen and oxygen atoms in total. The van der Waals surface area contributed by atoms with Crippen molar-refractivity contribution in [3.05, 3.63) is 113 Å². The monoisotopic (exact) mass is 649 g/mol. The Morgan fingerprint density at radius 1 is 0.857 bits per heavy atom. The van der Waals surface area contributed by atoms with Gasteiger partial charge in [0.2, 0.25) is 21.8 Å². The SMILES string of the molecule is CC(C)(C)NC(=O)[C@H](Cc1ccccc1)N(Cc1cccc(Br)c1)C(=O)CN(c1cccc2ccccc12)S(C)(=O)=O. The van der Waals surface area contributed by atoms with Crippen LogP contribution in [0, 0.1) is 0 Å². The van der Waals surface area contributed by atoms with Crippen LogP contribution < -0.4 is 9.62 Å². The fourth-order valence-corrected chi connectivity index (χ4v) is 6.17. The normalized spacial score (nSPS) is 12.5. The fourth-order valence-electron chi connectivity index (χ4n) is 4.86. The highest BCUT2D eigenvalue weighted by atomic mass is 79.9. The number of carbonyl (C=O) groups is 2. The number of nitrogens with zero attached hydrogens (tertiary/aromatic N) is 2. The molecule has 0 fully saturated rings. The van der Waals surface area contributed by atoms with E-state index >= 15 is 0 Å². The summed E-state index contributed by atoms with van der Waals surface area (Å²) in [7, 11) is -3.87. The molecular weight excluding hydrogens is 614 g/mol. The van der Waals surface area contributed by atoms with E-state index in [0.29, 0.717) is 11.1 Å². The molecule has 4 aromatic carbocycles. The van der Waals surface area contributed by atoms with Crippen LogP contribution in [0.15, 0.2) is 102 Å². The van der Waals surface area contributed by atoms with E-state index in [2.05, 4.69) is 21.2 Å². The van der Waals surface area contributed by atoms with Gasteiger partial charge in [0.25, 0.3) is 0 Å². The van der Waals surface area contributed by atoms with Crippen LogP contribution in [-0.4, -0.2) is 49.5 Å². The molecule has 0 aromatic heterocycles. The average Bonchev–Trinajstić information content (AvgIpc) is 2.92. The maximum absolute atomic E-state index is 14.3. The molecule has 220 valence electrons. The number of hydrogen-bond acceptors (Lipinski definition) is 4. The van der Waals surface area contributed by atoms with Gasteiger partial charge in [-0.15, -0.1) is 0 Å². The van der Waals surface area contributed by atoms with E-state index in [-0.39, 0.29) is 18.9 Å². The van der Waals surface area contributed by atoms with Crippen LogP contribution in [0.25, 0.3) is 10.8 Å². The van der Waals surface area contributed by atoms with E-state index in [1.807, 2.05) is 106 Å². The Morgan fingerprint density at radius 2 is 1.48 bits per heavy atom. The Morgan fingerprint density at radius 3 is 2.14 bits per heavy atom. The Balaban J connectivity index is 1.80. The Bertz CT molecular complexity index is 1660. The van der Waals surface area contributed by atoms with E-state index in [4.69, 9.17) is 0 Å². The number of nitrogens with one attached hydrogen (secondary N) is 1. The zero-order valence-corrected chi connectivity index (χ0v) is 26.7. The minimum atomic E-state index is -3.87. The van der Waals surface area contributed by atoms with Crippen LogP contribution in [-0.2, 0) is 32.6 Å². The number of amides is 2. The van der Waals surface area contributed by atoms with Gasteiger partial charge in [0.1, 0.15) is 12.6 Å². The predicted molar refractivity (Wildman–Crippen MR) is 173 cm³/mol. The first-order valence-electron chi connectivity index (χ1n) is 13.7. The van der Waals surface area contributed by atoms with Crippen LogP contribution >= 0.6 is 15.9 Å². The highest BCUT2D eigenvalue weighted by molar-refractivity contribution is 9.10. The number of hydrogen-bond donors (Lipinski definition) is 1. The minimum absolute atomic E-state index is 0.112. The van der Waals surface area contributed by atoms with E-state index in [0.717, 1.165) is 31.5 Å². The molecule has 4 rings (SSSR count). The molecule has 0 unspecified atom stereocenters. The van der Waals surface area contributed by atoms with E-state index in [9.17, 15) is 18.0 Å². The Kier molecular flexibility index (Phi) is 9.74. The summed E-state index contributed by atoms with van der Waals surface area (Å²) in [4.78, 5) is 29.7. The molecule has 0 aliphatic carbocycles. The van der Waals surface area contributed by atoms with Gasteiger partial charge in [0.15, 0.2) is 0 Å². The van der Waals surface area contributed by atoms with E-state index in [1.54, 1.807) is 12.1 Å². The molecule has 0 saturated carbocycles. The third-order valence-corrected chi connectivity index (χ3v) is 8.35. The van der Waals surface area contributed by atoms with Gasteiger partial charge < -0.3 is 10.2 Å². The van der Waals surface area contributed by atoms with E-state index in [1.165, 1.54) is 4.90 Å². The van der Waals surface area contributed by atoms with Crippen molar-refractivity contribution in [2.24, 2.45) is 0 Å². The number of fused-ring (bicyclic) bond motifs is 1. The van der Waals surface area contributed by atoms with Crippen molar-refractivity contribution in [2.75, 3.05) is 17.1 Å². The van der Waals surface area contributed by atoms with Crippen molar-refractivity contribution in [1.82, 2.24) is 10.2 Å². The van der Waals surface area contributed by atoms with Crippen molar-refractivity contribution in [1.29, 1.82) is 0 Å². The van der Waals surface area contributed by atoms with Crippen LogP contribution in [0.1, 0.15) is 31.9 Å². The number of anilines is 1. The Labute approximate surface area is 256 Å². The summed E-state index contributed by atoms with van der Waals surface area (Å²) in [5.74, 6) is -0.802. The molecule has 0 aliphatic heterocycles. The van der Waals surface area contributed by atoms with Crippen molar-refractivity contribution >= 4 is 54.2 Å². The maximum Gasteiger partial charge on any atom is 0.244 e. The first-order chi connectivity index (χ1) is 19.8. The summed E-state index contributed by atoms with van der Waals surface area (Å²) in [6.45, 7) is 5.31. The molecular formula is C33H36BrN3O4S. The predicted octanol–water partition coefficient (Wildman–Crippen LogP) is 5.92. The second kappa shape index (κ2) is 13.1. The summed E-state index contributed by atoms with van der Waals surface area (Å²) >= 11 is 3.50. The number of carbonyl (C=O) groups excluding carboxylic acids is 2. The number of sulfonamides is 1. The van der Waals surface area contributed by atoms with Gasteiger partial charge in [-0.3, -0.25) is 13.9 Å². The van der Waals surface area contributed by atoms with Crippen molar-refractivity contribution in [3.63, 3.8) is 0 Å². The molecule has 0 aliphatic rings. The molecule has 9 heteroatoms. The zero-order valence-electron chi connectivity index (χ0n) is 24.2. The van der Waals surface area contributed by atoms with Crippen molar-refractivity contribution in [2.45, 2.75) is 45.3 Å². The van der Waals surface area contributed by atoms with Gasteiger partial charge in [-0.1, -0.05) is 94.8 Å². The summed E-state index contributed by atoms with van der Waals surface area (Å²) in [5.41, 5.74) is 1.55. The number of rotatable bonds is 10. The summed E-state index contributed by atoms with van der Waals surface area (Å²) in [6.07, 6.45) is 1.35. The zero-order chi connectivity index (χ0) is 30.5. The standard InChI is InChI=1S/C33H36BrN3O4S/c1-33(2,3)35-32(39)30(21-24-12-6-5-7-13-24)36(22-25-14-10-17-27(34)20-25)31(38)23-37(42(4,40)41)29-19-11-16-26-15-8-9-18-28(26)29/h5-20,30H,21-23H2,1-4H3,(H,35,39)/t30-/m0/s1. The van der Waals surface area contributed by atoms with Crippen LogP contribution in [0.4, 0.5) is 5.69 Å². The first-order valence-corrected chi connectivity index (χ1v) is 16.3. The minimum Gasteiger partial charge on any atom is -0.350 e. The first kappa shape index (κ1) is 31.3. The highest BCUT2D eigenvalue weighted by Crippen LogP contribution is 2.29. The van der Waals surface area contributed by atoms with Gasteiger partial charge in [-0.05, 0) is 55.5 Å². The lowest BCUT2D eigenvalue weighted by atomic mass is 10.0. The molecule has 0 heterocycles. The second-order valence-corrected chi connectivity index (χ2v) is 14.2. The second-order valence-electron chi connectivity index (χ2n) is 11.4. The lowest BCUT2D eigenvalue weighted by molar-refractivity contribution is -0.140. The van der Waals surface area contributed by atoms with Gasteiger partial charge in [-0.25, -0.2) is 8.42 Å². The molecule has 0 radical (unpaired) electrons. The molecule has 1 N–H and O–H groups in total. The molecule has 1 atom stereocenters. The van der Waals surface area contributed by atoms with E-state index < -0.39 is 34.1 Å². The largest absolute Gasteiger partial charge is 0.350 e. The smallest absolute Gasteiger partial charge is 0.244 e. The lowest BCUT2D eigenvalue weighted by Gasteiger charge is -2.35. The average molecular weight is 651 g/mol. The van der Waals surface area contributed by atoms with Gasteiger partial charge in [0, 0.05) is 28.4 Å². The van der Waals surface area contributed by atoms with Gasteiger partial charge in [-0.2, -0.15) is 0 Å². The quantitative estimate of drug-likeness (QED) is 0.231. The van der Waals surface area contributed by atoms with Crippen molar-refractivity contribution < 1.29 is 18.0 Å². The molecule has 0 spiro atoms. The van der Waals surface area contributed by atoms with Crippen LogP contribution in [0.3, 0.4) is 0 Å². The van der Waals surface area contributed by atoms with Crippen LogP contribution in [0.2, 0.25) is 0 Å². The third-order valence-electron chi connectivity index (χ3n) is 6.73. The van der Waals surface area contributed by atoms with Gasteiger partial charge in [0.05, 0.1) is 11.9 Å². The fraction of sp³-hybridized carbons (Fsp3) is 0.273. The molecule has 42 heavy (non-hydrogen) atoms. The summed E-state index contributed by atoms with van der Waals surface area (Å²) in [6, 6.07) is 28.9. The third kappa shape index (κ3) is 8.20. The molecule has 2 amide bonds. The van der Waals surface area contributed by atoms with Crippen molar-refractivity contribution in [3.8, 4) is 0 Å². The van der Waals surface area contributed by atoms with Crippen LogP contribution in [0.5, 0.6) is 0 Å². The topological polar surface area (TPSA) is 86.8 Å². The number of benzene rings is 4. The Hall–Kier alpha value is -3.69. The number of halogens is 1. The molecule has 0 bridgehead atoms. The van der Waals surface area contributed by atoms with Gasteiger partial charge >= 0.3 is 0 Å². The summed E-state index contributed by atoms with van der Waals surface area (Å²) < 4.78 is 28.3. The maximum atomic E-state index is 14.3. The molecule has 4 aromatic rings. The molecule has 0 saturated heterocycles. The highest BCUT2D eigenvalue weighted by Gasteiger charge is 2.34. The lowest BCUT2D eigenvalue weighted by Crippen LogP contribution is -2.56.